The van der Waals surface area contributed by atoms with E-state index in [1.807, 2.05) is 0 Å². The first kappa shape index (κ1) is 15.9. The SMILES string of the molecule is CNCCC(O)C(O)c1cc(F)ccc1C(F)(F)F. The topological polar surface area (TPSA) is 52.5 Å². The van der Waals surface area contributed by atoms with Gasteiger partial charge in [0.15, 0.2) is 0 Å². The molecular weight excluding hydrogens is 266 g/mol. The fraction of sp³-hybridized carbons (Fsp3) is 0.500. The van der Waals surface area contributed by atoms with Gasteiger partial charge in [-0.2, -0.15) is 13.2 Å². The molecule has 3 nitrogen and oxygen atoms in total. The van der Waals surface area contributed by atoms with Gasteiger partial charge >= 0.3 is 6.18 Å². The summed E-state index contributed by atoms with van der Waals surface area (Å²) in [7, 11) is 1.60. The highest BCUT2D eigenvalue weighted by Crippen LogP contribution is 2.36. The molecular formula is C12H15F4NO2. The Balaban J connectivity index is 3.07. The van der Waals surface area contributed by atoms with Crippen LogP contribution in [0.15, 0.2) is 18.2 Å². The van der Waals surface area contributed by atoms with Crippen LogP contribution in [0.5, 0.6) is 0 Å². The van der Waals surface area contributed by atoms with Crippen LogP contribution < -0.4 is 5.32 Å². The standard InChI is InChI=1S/C12H15F4NO2/c1-17-5-4-10(18)11(19)8-6-7(13)2-3-9(8)12(14,15)16/h2-3,6,10-11,17-19H,4-5H2,1H3. The monoisotopic (exact) mass is 281 g/mol. The van der Waals surface area contributed by atoms with Crippen molar-refractivity contribution in [2.24, 2.45) is 0 Å². The summed E-state index contributed by atoms with van der Waals surface area (Å²) < 4.78 is 51.2. The van der Waals surface area contributed by atoms with Crippen molar-refractivity contribution in [3.8, 4) is 0 Å². The summed E-state index contributed by atoms with van der Waals surface area (Å²) in [6.45, 7) is 0.314. The Morgan fingerprint density at radius 3 is 2.42 bits per heavy atom. The molecule has 0 aromatic heterocycles. The second-order valence-electron chi connectivity index (χ2n) is 4.13. The number of nitrogens with one attached hydrogen (secondary N) is 1. The molecule has 2 unspecified atom stereocenters. The van der Waals surface area contributed by atoms with Crippen molar-refractivity contribution in [3.05, 3.63) is 35.1 Å². The molecule has 2 atom stereocenters. The molecule has 7 heteroatoms. The van der Waals surface area contributed by atoms with E-state index in [2.05, 4.69) is 5.32 Å². The predicted octanol–water partition coefficient (Wildman–Crippen LogP) is 1.85. The number of aliphatic hydroxyl groups excluding tert-OH is 2. The van der Waals surface area contributed by atoms with Crippen molar-refractivity contribution in [1.82, 2.24) is 5.32 Å². The number of alkyl halides is 3. The van der Waals surface area contributed by atoms with Crippen molar-refractivity contribution >= 4 is 0 Å². The fourth-order valence-corrected chi connectivity index (χ4v) is 1.69. The Bertz CT molecular complexity index is 423. The summed E-state index contributed by atoms with van der Waals surface area (Å²) in [4.78, 5) is 0. The molecule has 1 aromatic rings. The minimum Gasteiger partial charge on any atom is -0.390 e. The highest BCUT2D eigenvalue weighted by Gasteiger charge is 2.36. The van der Waals surface area contributed by atoms with Gasteiger partial charge in [0.25, 0.3) is 0 Å². The molecule has 0 radical (unpaired) electrons. The average Bonchev–Trinajstić information content (AvgIpc) is 2.33. The van der Waals surface area contributed by atoms with Crippen LogP contribution >= 0.6 is 0 Å². The fourth-order valence-electron chi connectivity index (χ4n) is 1.69. The molecule has 0 aliphatic rings. The Morgan fingerprint density at radius 2 is 1.89 bits per heavy atom. The first-order valence-corrected chi connectivity index (χ1v) is 5.64. The molecule has 0 aliphatic heterocycles. The van der Waals surface area contributed by atoms with Crippen LogP contribution in [-0.4, -0.2) is 29.9 Å². The molecule has 1 aromatic carbocycles. The maximum Gasteiger partial charge on any atom is 0.416 e. The van der Waals surface area contributed by atoms with Crippen molar-refractivity contribution in [2.75, 3.05) is 13.6 Å². The zero-order chi connectivity index (χ0) is 14.6. The Kier molecular flexibility index (Phi) is 5.28. The van der Waals surface area contributed by atoms with Gasteiger partial charge in [0.1, 0.15) is 11.9 Å². The molecule has 108 valence electrons. The lowest BCUT2D eigenvalue weighted by atomic mass is 9.96. The molecule has 0 amide bonds. The third kappa shape index (κ3) is 4.15. The number of aliphatic hydroxyl groups is 2. The molecule has 0 saturated heterocycles. The van der Waals surface area contributed by atoms with Crippen molar-refractivity contribution in [1.29, 1.82) is 0 Å². The molecule has 0 fully saturated rings. The van der Waals surface area contributed by atoms with Gasteiger partial charge in [-0.15, -0.1) is 0 Å². The second-order valence-corrected chi connectivity index (χ2v) is 4.13. The highest BCUT2D eigenvalue weighted by atomic mass is 19.4. The molecule has 0 aliphatic carbocycles. The van der Waals surface area contributed by atoms with Gasteiger partial charge in [-0.3, -0.25) is 0 Å². The van der Waals surface area contributed by atoms with Crippen LogP contribution in [-0.2, 0) is 6.18 Å². The first-order chi connectivity index (χ1) is 8.77. The minimum atomic E-state index is -4.72. The zero-order valence-electron chi connectivity index (χ0n) is 10.2. The van der Waals surface area contributed by atoms with Crippen LogP contribution in [0, 0.1) is 5.82 Å². The second kappa shape index (κ2) is 6.31. The smallest absolute Gasteiger partial charge is 0.390 e. The summed E-state index contributed by atoms with van der Waals surface area (Å²) in [6, 6.07) is 1.81. The summed E-state index contributed by atoms with van der Waals surface area (Å²) in [5.74, 6) is -0.900. The van der Waals surface area contributed by atoms with Gasteiger partial charge in [-0.25, -0.2) is 4.39 Å². The number of rotatable bonds is 5. The third-order valence-electron chi connectivity index (χ3n) is 2.69. The van der Waals surface area contributed by atoms with Crippen LogP contribution in [0.3, 0.4) is 0 Å². The molecule has 1 rings (SSSR count). The lowest BCUT2D eigenvalue weighted by Gasteiger charge is -2.22. The minimum absolute atomic E-state index is 0.0471. The molecule has 0 heterocycles. The first-order valence-electron chi connectivity index (χ1n) is 5.64. The van der Waals surface area contributed by atoms with E-state index < -0.39 is 35.3 Å². The van der Waals surface area contributed by atoms with Gasteiger partial charge in [0.2, 0.25) is 0 Å². The Morgan fingerprint density at radius 1 is 1.26 bits per heavy atom. The van der Waals surface area contributed by atoms with Crippen LogP contribution in [0.4, 0.5) is 17.6 Å². The summed E-state index contributed by atoms with van der Waals surface area (Å²) in [5.41, 5.74) is -1.80. The number of halogens is 4. The van der Waals surface area contributed by atoms with E-state index in [9.17, 15) is 27.8 Å². The molecule has 0 bridgehead atoms. The van der Waals surface area contributed by atoms with E-state index >= 15 is 0 Å². The summed E-state index contributed by atoms with van der Waals surface area (Å²) in [5, 5.41) is 22.0. The number of hydrogen-bond donors (Lipinski definition) is 3. The predicted molar refractivity (Wildman–Crippen MR) is 60.9 cm³/mol. The van der Waals surface area contributed by atoms with Gasteiger partial charge < -0.3 is 15.5 Å². The number of hydrogen-bond acceptors (Lipinski definition) is 3. The maximum absolute atomic E-state index is 13.0. The van der Waals surface area contributed by atoms with E-state index in [0.717, 1.165) is 0 Å². The Hall–Kier alpha value is -1.18. The zero-order valence-corrected chi connectivity index (χ0v) is 10.2. The van der Waals surface area contributed by atoms with Gasteiger partial charge in [0, 0.05) is 0 Å². The summed E-state index contributed by atoms with van der Waals surface area (Å²) >= 11 is 0. The normalized spacial score (nSPS) is 15.3. The van der Waals surface area contributed by atoms with Crippen molar-refractivity contribution < 1.29 is 27.8 Å². The van der Waals surface area contributed by atoms with Crippen LogP contribution in [0.25, 0.3) is 0 Å². The van der Waals surface area contributed by atoms with E-state index in [0.29, 0.717) is 24.7 Å². The lowest BCUT2D eigenvalue weighted by Crippen LogP contribution is -2.25. The highest BCUT2D eigenvalue weighted by molar-refractivity contribution is 5.32. The van der Waals surface area contributed by atoms with E-state index in [1.165, 1.54) is 0 Å². The van der Waals surface area contributed by atoms with Gasteiger partial charge in [-0.05, 0) is 43.8 Å². The van der Waals surface area contributed by atoms with Gasteiger partial charge in [-0.1, -0.05) is 0 Å². The number of benzene rings is 1. The molecule has 19 heavy (non-hydrogen) atoms. The molecule has 0 spiro atoms. The Labute approximate surface area is 107 Å². The van der Waals surface area contributed by atoms with Crippen molar-refractivity contribution in [2.45, 2.75) is 24.8 Å². The molecule has 0 saturated carbocycles. The van der Waals surface area contributed by atoms with Crippen LogP contribution in [0.1, 0.15) is 23.7 Å². The van der Waals surface area contributed by atoms with E-state index in [-0.39, 0.29) is 6.42 Å². The average molecular weight is 281 g/mol. The molecule has 3 N–H and O–H groups in total. The van der Waals surface area contributed by atoms with Crippen LogP contribution in [0.2, 0.25) is 0 Å². The lowest BCUT2D eigenvalue weighted by molar-refractivity contribution is -0.140. The maximum atomic E-state index is 13.0. The van der Waals surface area contributed by atoms with Crippen molar-refractivity contribution in [3.63, 3.8) is 0 Å². The summed E-state index contributed by atoms with van der Waals surface area (Å²) in [6.07, 6.45) is -7.87. The quantitative estimate of drug-likeness (QED) is 0.722. The largest absolute Gasteiger partial charge is 0.416 e. The van der Waals surface area contributed by atoms with Gasteiger partial charge in [0.05, 0.1) is 11.7 Å². The van der Waals surface area contributed by atoms with E-state index in [4.69, 9.17) is 0 Å². The van der Waals surface area contributed by atoms with E-state index in [1.54, 1.807) is 7.05 Å². The third-order valence-corrected chi connectivity index (χ3v) is 2.69.